The molecule has 1 saturated carbocycles. The third kappa shape index (κ3) is 10.3. The van der Waals surface area contributed by atoms with Gasteiger partial charge in [0.1, 0.15) is 30.3 Å². The summed E-state index contributed by atoms with van der Waals surface area (Å²) in [6.45, 7) is 6.19. The standard InChI is InChI=1S/C49H61FN8O7S/c1-31(51-2)47(60)53-45(32-7-4-3-5-8-32)49(62)57-22-20-56(21-23-57)48(61)40-26-33-25-34(50)10-11-38(33)39(40)28-44(59)58-17-6-9-35(58)30-63-43-27-37(65-54-43)29-55-18-13-36(14-19-55)64-42-12-16-52-41-15-24-66-46(41)42/h10-12,15-16,24-27,31-32,35-36,39,45,51H,3-9,13-14,17-23,28-30H2,1-2H3,(H,53,60)/t31-,35-,39?,45-/m0/s1. The number of hydrogen-bond donors (Lipinski definition) is 2. The number of benzene rings is 1. The topological polar surface area (TPSA) is 163 Å². The highest BCUT2D eigenvalue weighted by Gasteiger charge is 2.40. The monoisotopic (exact) mass is 924 g/mol. The van der Waals surface area contributed by atoms with E-state index in [1.165, 1.54) is 12.1 Å². The van der Waals surface area contributed by atoms with Gasteiger partial charge in [0.25, 0.3) is 11.8 Å². The molecular formula is C49H61FN8O7S. The second-order valence-electron chi connectivity index (χ2n) is 18.5. The molecule has 352 valence electrons. The van der Waals surface area contributed by atoms with E-state index in [2.05, 4.69) is 25.7 Å². The number of pyridine rings is 1. The number of thiophene rings is 1. The van der Waals surface area contributed by atoms with E-state index in [9.17, 15) is 23.6 Å². The number of carbonyl (C=O) groups is 4. The van der Waals surface area contributed by atoms with Crippen LogP contribution in [0.1, 0.15) is 93.9 Å². The highest BCUT2D eigenvalue weighted by Crippen LogP contribution is 2.41. The van der Waals surface area contributed by atoms with Gasteiger partial charge in [-0.1, -0.05) is 25.3 Å². The smallest absolute Gasteiger partial charge is 0.254 e. The number of hydrogen-bond acceptors (Lipinski definition) is 12. The summed E-state index contributed by atoms with van der Waals surface area (Å²) in [6.07, 6.45) is 12.0. The third-order valence-electron chi connectivity index (χ3n) is 14.3. The molecule has 1 unspecified atom stereocenters. The summed E-state index contributed by atoms with van der Waals surface area (Å²) in [5.74, 6) is 0.451. The number of halogens is 1. The number of nitrogens with zero attached hydrogens (tertiary/aromatic N) is 6. The van der Waals surface area contributed by atoms with Crippen LogP contribution in [0.25, 0.3) is 16.3 Å². The van der Waals surface area contributed by atoms with Crippen molar-refractivity contribution in [3.63, 3.8) is 0 Å². The van der Waals surface area contributed by atoms with Gasteiger partial charge in [0.2, 0.25) is 17.7 Å². The van der Waals surface area contributed by atoms with Crippen molar-refractivity contribution in [2.24, 2.45) is 5.92 Å². The van der Waals surface area contributed by atoms with Crippen LogP contribution in [0.3, 0.4) is 0 Å². The summed E-state index contributed by atoms with van der Waals surface area (Å²) < 4.78 is 33.8. The molecule has 0 bridgehead atoms. The molecule has 15 nitrogen and oxygen atoms in total. The number of carbonyl (C=O) groups excluding carboxylic acids is 4. The van der Waals surface area contributed by atoms with Gasteiger partial charge in [-0.05, 0) is 110 Å². The first-order valence-electron chi connectivity index (χ1n) is 23.8. The van der Waals surface area contributed by atoms with Gasteiger partial charge in [-0.25, -0.2) is 4.39 Å². The molecule has 17 heteroatoms. The first-order chi connectivity index (χ1) is 32.1. The summed E-state index contributed by atoms with van der Waals surface area (Å²) >= 11 is 1.65. The van der Waals surface area contributed by atoms with E-state index in [-0.39, 0.29) is 54.7 Å². The number of fused-ring (bicyclic) bond motifs is 2. The summed E-state index contributed by atoms with van der Waals surface area (Å²) in [7, 11) is 1.72. The summed E-state index contributed by atoms with van der Waals surface area (Å²) in [4.78, 5) is 67.6. The Hall–Kier alpha value is -5.39. The van der Waals surface area contributed by atoms with E-state index < -0.39 is 23.8 Å². The molecule has 2 aliphatic carbocycles. The van der Waals surface area contributed by atoms with Crippen LogP contribution in [0, 0.1) is 11.7 Å². The molecule has 4 aromatic rings. The minimum Gasteiger partial charge on any atom is -0.489 e. The average Bonchev–Trinajstić information content (AvgIpc) is 4.18. The SMILES string of the molecule is CN[C@@H](C)C(=O)N[C@H](C(=O)N1CCN(C(=O)C2=Cc3cc(F)ccc3C2CC(=O)N2CCC[C@H]2COc2cc(CN3CCC(Oc4ccnc5ccsc45)CC3)on2)CC1)C1CCCCC1. The van der Waals surface area contributed by atoms with Crippen molar-refractivity contribution in [1.29, 1.82) is 0 Å². The van der Waals surface area contributed by atoms with Crippen LogP contribution in [-0.4, -0.2) is 137 Å². The molecular weight excluding hydrogens is 864 g/mol. The largest absolute Gasteiger partial charge is 0.489 e. The molecule has 66 heavy (non-hydrogen) atoms. The van der Waals surface area contributed by atoms with Crippen LogP contribution in [0.2, 0.25) is 0 Å². The Morgan fingerprint density at radius 1 is 0.924 bits per heavy atom. The van der Waals surface area contributed by atoms with E-state index in [0.717, 1.165) is 92.4 Å². The van der Waals surface area contributed by atoms with Crippen molar-refractivity contribution in [3.05, 3.63) is 76.3 Å². The van der Waals surface area contributed by atoms with E-state index in [0.29, 0.717) is 62.0 Å². The number of aromatic nitrogens is 2. The molecule has 1 aromatic carbocycles. The highest BCUT2D eigenvalue weighted by atomic mass is 32.1. The first kappa shape index (κ1) is 45.8. The molecule has 3 aliphatic heterocycles. The molecule has 3 aromatic heterocycles. The van der Waals surface area contributed by atoms with Gasteiger partial charge in [-0.3, -0.25) is 29.1 Å². The Kier molecular flexibility index (Phi) is 14.3. The Balaban J connectivity index is 0.776. The van der Waals surface area contributed by atoms with Gasteiger partial charge >= 0.3 is 0 Å². The second-order valence-corrected chi connectivity index (χ2v) is 19.4. The number of amides is 4. The van der Waals surface area contributed by atoms with Crippen molar-refractivity contribution in [1.82, 2.24) is 40.4 Å². The maximum Gasteiger partial charge on any atom is 0.254 e. The fourth-order valence-corrected chi connectivity index (χ4v) is 11.2. The van der Waals surface area contributed by atoms with Crippen molar-refractivity contribution >= 4 is 51.3 Å². The Morgan fingerprint density at radius 3 is 2.50 bits per heavy atom. The molecule has 4 atom stereocenters. The summed E-state index contributed by atoms with van der Waals surface area (Å²) in [5.41, 5.74) is 2.75. The number of piperidine rings is 1. The number of likely N-dealkylation sites (tertiary alicyclic amines) is 2. The zero-order valence-electron chi connectivity index (χ0n) is 37.9. The molecule has 3 saturated heterocycles. The molecule has 2 N–H and O–H groups in total. The minimum absolute atomic E-state index is 0.0513. The van der Waals surface area contributed by atoms with Crippen LogP contribution in [0.15, 0.2) is 58.1 Å². The lowest BCUT2D eigenvalue weighted by atomic mass is 9.83. The molecule has 4 fully saturated rings. The lowest BCUT2D eigenvalue weighted by Crippen LogP contribution is -2.59. The van der Waals surface area contributed by atoms with Gasteiger partial charge < -0.3 is 39.3 Å². The molecule has 6 heterocycles. The van der Waals surface area contributed by atoms with Crippen molar-refractivity contribution < 1.29 is 37.6 Å². The molecule has 0 radical (unpaired) electrons. The molecule has 4 amide bonds. The maximum atomic E-state index is 14.5. The molecule has 9 rings (SSSR count). The fraction of sp³-hybridized carbons (Fsp3) is 0.551. The zero-order valence-corrected chi connectivity index (χ0v) is 38.7. The Labute approximate surface area is 389 Å². The maximum absolute atomic E-state index is 14.5. The van der Waals surface area contributed by atoms with Gasteiger partial charge in [0, 0.05) is 76.0 Å². The predicted octanol–water partition coefficient (Wildman–Crippen LogP) is 5.75. The minimum atomic E-state index is -0.612. The van der Waals surface area contributed by atoms with Gasteiger partial charge in [-0.15, -0.1) is 11.3 Å². The van der Waals surface area contributed by atoms with Crippen LogP contribution < -0.4 is 20.1 Å². The zero-order chi connectivity index (χ0) is 45.7. The van der Waals surface area contributed by atoms with Crippen molar-refractivity contribution in [2.45, 2.75) is 108 Å². The fourth-order valence-electron chi connectivity index (χ4n) is 10.4. The van der Waals surface area contributed by atoms with E-state index in [1.807, 2.05) is 28.5 Å². The summed E-state index contributed by atoms with van der Waals surface area (Å²) in [6, 6.07) is 9.02. The van der Waals surface area contributed by atoms with Crippen LogP contribution in [-0.2, 0) is 25.7 Å². The average molecular weight is 925 g/mol. The van der Waals surface area contributed by atoms with Gasteiger partial charge in [0.15, 0.2) is 5.76 Å². The van der Waals surface area contributed by atoms with Crippen LogP contribution >= 0.6 is 11.3 Å². The number of piperazine rings is 1. The van der Waals surface area contributed by atoms with Crippen molar-refractivity contribution in [2.75, 3.05) is 59.5 Å². The number of nitrogens with one attached hydrogen (secondary N) is 2. The molecule has 5 aliphatic rings. The van der Waals surface area contributed by atoms with Crippen molar-refractivity contribution in [3.8, 4) is 11.6 Å². The second kappa shape index (κ2) is 20.6. The number of ether oxygens (including phenoxy) is 2. The van der Waals surface area contributed by atoms with E-state index in [4.69, 9.17) is 14.0 Å². The van der Waals surface area contributed by atoms with Crippen LogP contribution in [0.4, 0.5) is 4.39 Å². The number of rotatable bonds is 15. The van der Waals surface area contributed by atoms with Gasteiger partial charge in [0.05, 0.1) is 28.8 Å². The highest BCUT2D eigenvalue weighted by molar-refractivity contribution is 7.17. The van der Waals surface area contributed by atoms with E-state index >= 15 is 0 Å². The van der Waals surface area contributed by atoms with Gasteiger partial charge in [-0.2, -0.15) is 0 Å². The predicted molar refractivity (Wildman–Crippen MR) is 247 cm³/mol. The normalized spacial score (nSPS) is 21.7. The Bertz CT molecular complexity index is 2400. The van der Waals surface area contributed by atoms with Crippen LogP contribution in [0.5, 0.6) is 11.6 Å². The molecule has 0 spiro atoms. The quantitative estimate of drug-likeness (QED) is 0.149. The Morgan fingerprint density at radius 2 is 1.71 bits per heavy atom. The lowest BCUT2D eigenvalue weighted by Gasteiger charge is -2.39. The third-order valence-corrected chi connectivity index (χ3v) is 15.2. The summed E-state index contributed by atoms with van der Waals surface area (Å²) in [5, 5.41) is 12.2. The van der Waals surface area contributed by atoms with E-state index in [1.54, 1.807) is 53.4 Å². The first-order valence-corrected chi connectivity index (χ1v) is 24.7. The number of likely N-dealkylation sites (N-methyl/N-ethyl adjacent to an activating group) is 1. The lowest BCUT2D eigenvalue weighted by molar-refractivity contribution is -0.142.